The Morgan fingerprint density at radius 2 is 1.60 bits per heavy atom. The van der Waals surface area contributed by atoms with Gasteiger partial charge in [0, 0.05) is 0 Å². The number of hydrogen-bond donors (Lipinski definition) is 0. The van der Waals surface area contributed by atoms with Gasteiger partial charge in [-0.3, -0.25) is 9.59 Å². The van der Waals surface area contributed by atoms with Crippen molar-refractivity contribution >= 4 is 29.1 Å². The highest BCUT2D eigenvalue weighted by Crippen LogP contribution is 2.73. The monoisotopic (exact) mass is 367 g/mol. The normalized spacial score (nSPS) is 34.3. The maximum atomic E-state index is 13.0. The predicted octanol–water partition coefficient (Wildman–Crippen LogP) is 4.06. The van der Waals surface area contributed by atoms with E-state index in [0.29, 0.717) is 0 Å². The van der Waals surface area contributed by atoms with E-state index in [4.69, 9.17) is 11.6 Å². The second-order valence-electron chi connectivity index (χ2n) is 7.40. The second-order valence-corrected chi connectivity index (χ2v) is 7.80. The zero-order chi connectivity index (χ0) is 17.7. The van der Waals surface area contributed by atoms with Crippen LogP contribution >= 0.6 is 11.6 Å². The summed E-state index contributed by atoms with van der Waals surface area (Å²) in [5.41, 5.74) is -1.04. The number of rotatable bonds is 1. The lowest BCUT2D eigenvalue weighted by Crippen LogP contribution is -2.35. The van der Waals surface area contributed by atoms with Crippen LogP contribution < -0.4 is 4.90 Å². The Kier molecular flexibility index (Phi) is 2.76. The van der Waals surface area contributed by atoms with Crippen LogP contribution in [0.5, 0.6) is 0 Å². The summed E-state index contributed by atoms with van der Waals surface area (Å²) in [4.78, 5) is 26.8. The van der Waals surface area contributed by atoms with Crippen molar-refractivity contribution in [2.24, 2.45) is 29.1 Å². The molecule has 2 amide bonds. The molecular formula is C18H13ClF3NO2. The lowest BCUT2D eigenvalue weighted by molar-refractivity contribution is -0.137. The molecule has 0 aromatic heterocycles. The molecule has 1 aromatic rings. The summed E-state index contributed by atoms with van der Waals surface area (Å²) < 4.78 is 39.0. The number of imide groups is 1. The van der Waals surface area contributed by atoms with Gasteiger partial charge in [0.1, 0.15) is 0 Å². The second kappa shape index (κ2) is 4.47. The number of allylic oxidation sites excluding steroid dienone is 2. The third kappa shape index (κ3) is 1.78. The Labute approximate surface area is 146 Å². The Balaban J connectivity index is 1.58. The van der Waals surface area contributed by atoms with Gasteiger partial charge < -0.3 is 0 Å². The number of nitrogens with zero attached hydrogens (tertiary/aromatic N) is 1. The molecule has 1 saturated heterocycles. The van der Waals surface area contributed by atoms with E-state index in [1.165, 1.54) is 0 Å². The molecule has 4 atom stereocenters. The SMILES string of the molecule is O=C1[C@@H]2[C@H](C(=O)N1c1cc(C(F)(F)F)ccc1Cl)[C@H]1C=C[C@H]2C12CC2. The van der Waals surface area contributed by atoms with Gasteiger partial charge in [-0.2, -0.15) is 13.2 Å². The molecule has 3 fully saturated rings. The summed E-state index contributed by atoms with van der Waals surface area (Å²) >= 11 is 6.04. The minimum atomic E-state index is -4.57. The fraction of sp³-hybridized carbons (Fsp3) is 0.444. The molecule has 2 bridgehead atoms. The molecule has 1 aliphatic heterocycles. The first kappa shape index (κ1) is 15.4. The summed E-state index contributed by atoms with van der Waals surface area (Å²) in [6, 6.07) is 2.73. The fourth-order valence-electron chi connectivity index (χ4n) is 5.18. The van der Waals surface area contributed by atoms with E-state index in [-0.39, 0.29) is 28.0 Å². The number of fused-ring (bicyclic) bond motifs is 3. The zero-order valence-electron chi connectivity index (χ0n) is 12.9. The van der Waals surface area contributed by atoms with Gasteiger partial charge in [-0.1, -0.05) is 23.8 Å². The van der Waals surface area contributed by atoms with Crippen molar-refractivity contribution in [3.63, 3.8) is 0 Å². The van der Waals surface area contributed by atoms with E-state index in [1.807, 2.05) is 12.2 Å². The molecule has 0 unspecified atom stereocenters. The minimum Gasteiger partial charge on any atom is -0.274 e. The number of carbonyl (C=O) groups excluding carboxylic acids is 2. The van der Waals surface area contributed by atoms with Crippen LogP contribution in [0.25, 0.3) is 0 Å². The molecule has 4 aliphatic rings. The molecule has 0 N–H and O–H groups in total. The molecule has 3 aliphatic carbocycles. The van der Waals surface area contributed by atoms with Crippen LogP contribution in [0, 0.1) is 29.1 Å². The number of amides is 2. The van der Waals surface area contributed by atoms with E-state index < -0.39 is 35.4 Å². The van der Waals surface area contributed by atoms with E-state index in [2.05, 4.69) is 0 Å². The zero-order valence-corrected chi connectivity index (χ0v) is 13.6. The topological polar surface area (TPSA) is 37.4 Å². The van der Waals surface area contributed by atoms with Crippen molar-refractivity contribution < 1.29 is 22.8 Å². The molecular weight excluding hydrogens is 355 g/mol. The van der Waals surface area contributed by atoms with Crippen LogP contribution in [-0.4, -0.2) is 11.8 Å². The third-order valence-corrected chi connectivity index (χ3v) is 6.69. The van der Waals surface area contributed by atoms with Crippen LogP contribution in [0.4, 0.5) is 18.9 Å². The average Bonchev–Trinajstić information content (AvgIpc) is 3.13. The van der Waals surface area contributed by atoms with Gasteiger partial charge >= 0.3 is 6.18 Å². The molecule has 130 valence electrons. The molecule has 2 saturated carbocycles. The smallest absolute Gasteiger partial charge is 0.274 e. The maximum absolute atomic E-state index is 13.0. The summed E-state index contributed by atoms with van der Waals surface area (Å²) in [6.45, 7) is 0. The standard InChI is InChI=1S/C18H13ClF3NO2/c19-11-4-1-8(18(20,21)22)7-12(11)23-15(24)13-9-2-3-10(14(13)16(23)25)17(9)5-6-17/h1-4,7,9-10,13-14H,5-6H2/t9-,10-,13-,14+/m1/s1. The highest BCUT2D eigenvalue weighted by molar-refractivity contribution is 6.36. The summed E-state index contributed by atoms with van der Waals surface area (Å²) in [6.07, 6.45) is 1.47. The fourth-order valence-corrected chi connectivity index (χ4v) is 5.38. The minimum absolute atomic E-state index is 0.0218. The first-order valence-corrected chi connectivity index (χ1v) is 8.56. The van der Waals surface area contributed by atoms with Crippen LogP contribution in [0.2, 0.25) is 5.02 Å². The van der Waals surface area contributed by atoms with Gasteiger partial charge in [-0.05, 0) is 48.3 Å². The number of halogens is 4. The molecule has 1 spiro atoms. The molecule has 7 heteroatoms. The average molecular weight is 368 g/mol. The number of alkyl halides is 3. The molecule has 0 radical (unpaired) electrons. The predicted molar refractivity (Wildman–Crippen MR) is 83.7 cm³/mol. The van der Waals surface area contributed by atoms with E-state index >= 15 is 0 Å². The molecule has 5 rings (SSSR count). The van der Waals surface area contributed by atoms with Gasteiger partial charge in [0.15, 0.2) is 0 Å². The van der Waals surface area contributed by atoms with Crippen molar-refractivity contribution in [2.75, 3.05) is 4.90 Å². The summed E-state index contributed by atoms with van der Waals surface area (Å²) in [5.74, 6) is -1.72. The van der Waals surface area contributed by atoms with Gasteiger partial charge in [-0.15, -0.1) is 0 Å². The maximum Gasteiger partial charge on any atom is 0.416 e. The third-order valence-electron chi connectivity index (χ3n) is 6.37. The van der Waals surface area contributed by atoms with Crippen LogP contribution in [0.1, 0.15) is 18.4 Å². The highest BCUT2D eigenvalue weighted by atomic mass is 35.5. The van der Waals surface area contributed by atoms with E-state index in [0.717, 1.165) is 35.9 Å². The lowest BCUT2D eigenvalue weighted by Gasteiger charge is -2.23. The number of hydrogen-bond acceptors (Lipinski definition) is 2. The van der Waals surface area contributed by atoms with Crippen LogP contribution in [0.3, 0.4) is 0 Å². The van der Waals surface area contributed by atoms with Gasteiger partial charge in [0.05, 0.1) is 28.1 Å². The van der Waals surface area contributed by atoms with Crippen molar-refractivity contribution in [1.82, 2.24) is 0 Å². The molecule has 1 heterocycles. The number of anilines is 1. The molecule has 25 heavy (non-hydrogen) atoms. The van der Waals surface area contributed by atoms with E-state index in [1.54, 1.807) is 0 Å². The van der Waals surface area contributed by atoms with Gasteiger partial charge in [0.25, 0.3) is 0 Å². The van der Waals surface area contributed by atoms with Crippen molar-refractivity contribution in [3.05, 3.63) is 40.9 Å². The number of benzene rings is 1. The highest BCUT2D eigenvalue weighted by Gasteiger charge is 2.73. The van der Waals surface area contributed by atoms with E-state index in [9.17, 15) is 22.8 Å². The summed E-state index contributed by atoms with van der Waals surface area (Å²) in [5, 5.41) is -0.0314. The van der Waals surface area contributed by atoms with Gasteiger partial charge in [0.2, 0.25) is 11.8 Å². The van der Waals surface area contributed by atoms with Crippen LogP contribution in [0.15, 0.2) is 30.4 Å². The first-order chi connectivity index (χ1) is 11.8. The Morgan fingerprint density at radius 3 is 2.08 bits per heavy atom. The van der Waals surface area contributed by atoms with Crippen LogP contribution in [-0.2, 0) is 15.8 Å². The quantitative estimate of drug-likeness (QED) is 0.554. The molecule has 1 aromatic carbocycles. The summed E-state index contributed by atoms with van der Waals surface area (Å²) in [7, 11) is 0. The first-order valence-electron chi connectivity index (χ1n) is 8.18. The Bertz CT molecular complexity index is 824. The Hall–Kier alpha value is -1.82. The van der Waals surface area contributed by atoms with Gasteiger partial charge in [-0.25, -0.2) is 4.90 Å². The molecule has 3 nitrogen and oxygen atoms in total. The van der Waals surface area contributed by atoms with Crippen molar-refractivity contribution in [2.45, 2.75) is 19.0 Å². The van der Waals surface area contributed by atoms with Crippen molar-refractivity contribution in [1.29, 1.82) is 0 Å². The number of carbonyl (C=O) groups is 2. The Morgan fingerprint density at radius 1 is 1.04 bits per heavy atom. The largest absolute Gasteiger partial charge is 0.416 e. The lowest BCUT2D eigenvalue weighted by atomic mass is 9.85. The van der Waals surface area contributed by atoms with Crippen molar-refractivity contribution in [3.8, 4) is 0 Å².